The summed E-state index contributed by atoms with van der Waals surface area (Å²) in [4.78, 5) is 25.1. The zero-order valence-corrected chi connectivity index (χ0v) is 11.1. The van der Waals surface area contributed by atoms with Gasteiger partial charge in [-0.2, -0.15) is 0 Å². The maximum Gasteiger partial charge on any atom is 0.330 e. The molecule has 2 rings (SSSR count). The zero-order valence-electron chi connectivity index (χ0n) is 11.1. The van der Waals surface area contributed by atoms with Crippen LogP contribution in [0.3, 0.4) is 0 Å². The van der Waals surface area contributed by atoms with Crippen LogP contribution >= 0.6 is 0 Å². The summed E-state index contributed by atoms with van der Waals surface area (Å²) in [6, 6.07) is 1.35. The van der Waals surface area contributed by atoms with Crippen molar-refractivity contribution in [3.8, 4) is 0 Å². The number of nitrogens with zero attached hydrogens (tertiary/aromatic N) is 1. The molecule has 18 heavy (non-hydrogen) atoms. The minimum atomic E-state index is -0.400. The highest BCUT2D eigenvalue weighted by molar-refractivity contribution is 4.93. The van der Waals surface area contributed by atoms with Gasteiger partial charge in [-0.15, -0.1) is 0 Å². The van der Waals surface area contributed by atoms with Crippen LogP contribution in [-0.4, -0.2) is 15.2 Å². The molecule has 0 amide bonds. The molecule has 1 aliphatic rings. The van der Waals surface area contributed by atoms with E-state index in [0.29, 0.717) is 5.92 Å². The quantitative estimate of drug-likeness (QED) is 0.889. The second kappa shape index (κ2) is 4.72. The molecule has 5 nitrogen and oxygen atoms in total. The molecule has 1 aliphatic heterocycles. The van der Waals surface area contributed by atoms with Gasteiger partial charge in [-0.3, -0.25) is 14.3 Å². The maximum atomic E-state index is 11.7. The van der Waals surface area contributed by atoms with Gasteiger partial charge in [-0.05, 0) is 25.2 Å². The molecule has 1 saturated heterocycles. The van der Waals surface area contributed by atoms with Crippen LogP contribution in [0.15, 0.2) is 21.9 Å². The molecule has 5 heteroatoms. The molecule has 1 aromatic heterocycles. The van der Waals surface area contributed by atoms with Crippen molar-refractivity contribution in [3.05, 3.63) is 33.1 Å². The molecule has 0 unspecified atom stereocenters. The average molecular weight is 252 g/mol. The highest BCUT2D eigenvalue weighted by Gasteiger charge is 2.44. The van der Waals surface area contributed by atoms with E-state index in [4.69, 9.17) is 4.74 Å². The van der Waals surface area contributed by atoms with E-state index in [1.54, 1.807) is 0 Å². The van der Waals surface area contributed by atoms with Gasteiger partial charge in [0.15, 0.2) is 0 Å². The minimum Gasteiger partial charge on any atom is -0.351 e. The smallest absolute Gasteiger partial charge is 0.330 e. The number of nitrogens with one attached hydrogen (secondary N) is 1. The molecule has 0 spiro atoms. The molecule has 0 saturated carbocycles. The molecule has 0 radical (unpaired) electrons. The Morgan fingerprint density at radius 3 is 2.61 bits per heavy atom. The van der Waals surface area contributed by atoms with Crippen LogP contribution in [-0.2, 0) is 4.74 Å². The highest BCUT2D eigenvalue weighted by atomic mass is 16.5. The Bertz CT molecular complexity index is 528. The van der Waals surface area contributed by atoms with Gasteiger partial charge in [-0.25, -0.2) is 4.79 Å². The molecule has 1 N–H and O–H groups in total. The van der Waals surface area contributed by atoms with E-state index in [1.165, 1.54) is 16.8 Å². The molecule has 2 atom stereocenters. The van der Waals surface area contributed by atoms with Crippen molar-refractivity contribution in [1.82, 2.24) is 9.55 Å². The highest BCUT2D eigenvalue weighted by Crippen LogP contribution is 2.44. The van der Waals surface area contributed by atoms with Crippen LogP contribution in [0.5, 0.6) is 0 Å². The predicted octanol–water partition coefficient (Wildman–Crippen LogP) is 1.65. The lowest BCUT2D eigenvalue weighted by atomic mass is 9.84. The Labute approximate surface area is 106 Å². The Balaban J connectivity index is 2.32. The summed E-state index contributed by atoms with van der Waals surface area (Å²) < 4.78 is 7.58. The Morgan fingerprint density at radius 2 is 2.11 bits per heavy atom. The largest absolute Gasteiger partial charge is 0.351 e. The number of H-pyrrole nitrogens is 1. The van der Waals surface area contributed by atoms with Gasteiger partial charge in [0.1, 0.15) is 6.23 Å². The van der Waals surface area contributed by atoms with E-state index in [9.17, 15) is 9.59 Å². The first-order valence-electron chi connectivity index (χ1n) is 6.51. The SMILES string of the molecule is CCC1(CC)O[C@@H](n2ccc(=O)[nH]c2=O)C[C@@H]1C. The second-order valence-electron chi connectivity index (χ2n) is 5.00. The zero-order chi connectivity index (χ0) is 13.3. The molecular formula is C13H20N2O3. The topological polar surface area (TPSA) is 64.1 Å². The fourth-order valence-electron chi connectivity index (χ4n) is 2.89. The van der Waals surface area contributed by atoms with E-state index in [2.05, 4.69) is 25.8 Å². The lowest BCUT2D eigenvalue weighted by molar-refractivity contribution is -0.0889. The minimum absolute atomic E-state index is 0.153. The summed E-state index contributed by atoms with van der Waals surface area (Å²) in [6.07, 6.45) is 3.90. The first kappa shape index (κ1) is 13.1. The number of hydrogen-bond donors (Lipinski definition) is 1. The number of ether oxygens (including phenoxy) is 1. The summed E-state index contributed by atoms with van der Waals surface area (Å²) in [7, 11) is 0. The van der Waals surface area contributed by atoms with Crippen LogP contribution in [0.25, 0.3) is 0 Å². The van der Waals surface area contributed by atoms with Crippen molar-refractivity contribution in [1.29, 1.82) is 0 Å². The van der Waals surface area contributed by atoms with Crippen LogP contribution in [0.4, 0.5) is 0 Å². The third-order valence-electron chi connectivity index (χ3n) is 4.18. The molecular weight excluding hydrogens is 232 g/mol. The van der Waals surface area contributed by atoms with Crippen LogP contribution in [0, 0.1) is 5.92 Å². The number of aromatic nitrogens is 2. The summed E-state index contributed by atoms with van der Waals surface area (Å²) in [5.74, 6) is 0.399. The standard InChI is InChI=1S/C13H20N2O3/c1-4-13(5-2)9(3)8-11(18-13)15-7-6-10(16)14-12(15)17/h6-7,9,11H,4-5,8H2,1-3H3,(H,14,16,17)/t9-,11+/m0/s1. The monoisotopic (exact) mass is 252 g/mol. The van der Waals surface area contributed by atoms with Gasteiger partial charge in [0.05, 0.1) is 5.60 Å². The Hall–Kier alpha value is -1.36. The number of hydrogen-bond acceptors (Lipinski definition) is 3. The van der Waals surface area contributed by atoms with Crippen molar-refractivity contribution in [2.75, 3.05) is 0 Å². The molecule has 0 aliphatic carbocycles. The van der Waals surface area contributed by atoms with Crippen LogP contribution in [0.1, 0.15) is 46.3 Å². The number of aromatic amines is 1. The van der Waals surface area contributed by atoms with Crippen molar-refractivity contribution in [2.45, 2.75) is 51.9 Å². The molecule has 100 valence electrons. The molecule has 2 heterocycles. The van der Waals surface area contributed by atoms with Gasteiger partial charge >= 0.3 is 5.69 Å². The van der Waals surface area contributed by atoms with Crippen LogP contribution in [0.2, 0.25) is 0 Å². The van der Waals surface area contributed by atoms with Gasteiger partial charge in [0, 0.05) is 12.3 Å². The van der Waals surface area contributed by atoms with E-state index in [-0.39, 0.29) is 17.4 Å². The van der Waals surface area contributed by atoms with Crippen molar-refractivity contribution in [3.63, 3.8) is 0 Å². The van der Waals surface area contributed by atoms with Gasteiger partial charge in [-0.1, -0.05) is 20.8 Å². The summed E-state index contributed by atoms with van der Waals surface area (Å²) >= 11 is 0. The van der Waals surface area contributed by atoms with E-state index < -0.39 is 5.69 Å². The second-order valence-corrected chi connectivity index (χ2v) is 5.00. The molecule has 1 aromatic rings. The Kier molecular flexibility index (Phi) is 3.43. The third-order valence-corrected chi connectivity index (χ3v) is 4.18. The van der Waals surface area contributed by atoms with Gasteiger partial charge in [0.2, 0.25) is 0 Å². The van der Waals surface area contributed by atoms with Gasteiger partial charge < -0.3 is 4.74 Å². The van der Waals surface area contributed by atoms with Crippen molar-refractivity contribution >= 4 is 0 Å². The normalized spacial score (nSPS) is 26.4. The summed E-state index contributed by atoms with van der Waals surface area (Å²) in [6.45, 7) is 6.37. The summed E-state index contributed by atoms with van der Waals surface area (Å²) in [5.41, 5.74) is -0.928. The van der Waals surface area contributed by atoms with E-state index >= 15 is 0 Å². The maximum absolute atomic E-state index is 11.7. The lowest BCUT2D eigenvalue weighted by Crippen LogP contribution is -2.35. The predicted molar refractivity (Wildman–Crippen MR) is 68.5 cm³/mol. The lowest BCUT2D eigenvalue weighted by Gasteiger charge is -2.30. The van der Waals surface area contributed by atoms with Crippen molar-refractivity contribution < 1.29 is 4.74 Å². The van der Waals surface area contributed by atoms with E-state index in [0.717, 1.165) is 19.3 Å². The fourth-order valence-corrected chi connectivity index (χ4v) is 2.89. The first-order chi connectivity index (χ1) is 8.52. The fraction of sp³-hybridized carbons (Fsp3) is 0.692. The summed E-state index contributed by atoms with van der Waals surface area (Å²) in [5, 5.41) is 0. The molecule has 1 fully saturated rings. The third kappa shape index (κ3) is 2.03. The average Bonchev–Trinajstić information content (AvgIpc) is 2.67. The Morgan fingerprint density at radius 1 is 1.44 bits per heavy atom. The van der Waals surface area contributed by atoms with Crippen LogP contribution < -0.4 is 11.2 Å². The molecule has 0 bridgehead atoms. The van der Waals surface area contributed by atoms with Crippen molar-refractivity contribution in [2.24, 2.45) is 5.92 Å². The molecule has 0 aromatic carbocycles. The number of rotatable bonds is 3. The van der Waals surface area contributed by atoms with E-state index in [1.807, 2.05) is 0 Å². The van der Waals surface area contributed by atoms with Gasteiger partial charge in [0.25, 0.3) is 5.56 Å². The first-order valence-corrected chi connectivity index (χ1v) is 6.51.